The zero-order chi connectivity index (χ0) is 8.74. The normalized spacial score (nSPS) is 12.0. The Balaban J connectivity index is 3.23. The topological polar surface area (TPSA) is 12.0 Å². The first-order chi connectivity index (χ1) is 5.12. The van der Waals surface area contributed by atoms with Gasteiger partial charge >= 0.3 is 0 Å². The predicted molar refractivity (Wildman–Crippen MR) is 56.2 cm³/mol. The molecule has 1 atom stereocenters. The lowest BCUT2D eigenvalue weighted by molar-refractivity contribution is 0.425. The Morgan fingerprint density at radius 1 is 1.27 bits per heavy atom. The minimum absolute atomic E-state index is 0.304. The molecular weight excluding hydrogens is 153 g/mol. The molecule has 0 aliphatic heterocycles. The molecule has 1 N–H and O–H groups in total. The van der Waals surface area contributed by atoms with E-state index in [1.807, 2.05) is 0 Å². The second-order valence-corrected chi connectivity index (χ2v) is 4.13. The molecule has 0 aliphatic carbocycles. The summed E-state index contributed by atoms with van der Waals surface area (Å²) in [6, 6.07) is 0. The van der Waals surface area contributed by atoms with Crippen LogP contribution in [0.1, 0.15) is 40.0 Å². The van der Waals surface area contributed by atoms with Crippen molar-refractivity contribution in [2.24, 2.45) is 0 Å². The van der Waals surface area contributed by atoms with Crippen LogP contribution in [0.5, 0.6) is 0 Å². The molecule has 1 nitrogen and oxygen atoms in total. The Kier molecular flexibility index (Phi) is 6.18. The van der Waals surface area contributed by atoms with Crippen LogP contribution < -0.4 is 5.32 Å². The van der Waals surface area contributed by atoms with Crippen LogP contribution in [0.3, 0.4) is 0 Å². The summed E-state index contributed by atoms with van der Waals surface area (Å²) in [6.07, 6.45) is 5.09. The fourth-order valence-corrected chi connectivity index (χ4v) is 1.02. The molecule has 0 saturated heterocycles. The largest absolute Gasteiger partial charge is 0.311 e. The maximum absolute atomic E-state index is 3.52. The number of hydrogen-bond acceptors (Lipinski definition) is 1. The molecule has 0 aromatic heterocycles. The standard InChI is InChI=1S/C9H22NP/c1-4-5-6-7-10-9(2,3)8-11/h10H,4-8,11H2,1-3H3. The van der Waals surface area contributed by atoms with Crippen molar-refractivity contribution in [3.05, 3.63) is 0 Å². The maximum atomic E-state index is 3.52. The van der Waals surface area contributed by atoms with Crippen molar-refractivity contribution in [3.63, 3.8) is 0 Å². The molecule has 0 rings (SSSR count). The monoisotopic (exact) mass is 175 g/mol. The maximum Gasteiger partial charge on any atom is 0.0159 e. The summed E-state index contributed by atoms with van der Waals surface area (Å²) in [5.41, 5.74) is 0.304. The molecule has 0 fully saturated rings. The van der Waals surface area contributed by atoms with Gasteiger partial charge in [-0.2, -0.15) is 0 Å². The van der Waals surface area contributed by atoms with E-state index in [0.29, 0.717) is 5.54 Å². The van der Waals surface area contributed by atoms with Crippen LogP contribution in [0, 0.1) is 0 Å². The molecule has 0 aromatic carbocycles. The summed E-state index contributed by atoms with van der Waals surface area (Å²) in [5.74, 6) is 0. The van der Waals surface area contributed by atoms with Crippen molar-refractivity contribution in [3.8, 4) is 0 Å². The first-order valence-corrected chi connectivity index (χ1v) is 5.39. The first-order valence-electron chi connectivity index (χ1n) is 4.57. The van der Waals surface area contributed by atoms with Crippen molar-refractivity contribution in [1.29, 1.82) is 0 Å². The number of hydrogen-bond donors (Lipinski definition) is 1. The summed E-state index contributed by atoms with van der Waals surface area (Å²) < 4.78 is 0. The first kappa shape index (κ1) is 11.4. The lowest BCUT2D eigenvalue weighted by Gasteiger charge is -2.24. The molecular formula is C9H22NP. The molecule has 0 bridgehead atoms. The second kappa shape index (κ2) is 5.97. The fourth-order valence-electron chi connectivity index (χ4n) is 0.874. The van der Waals surface area contributed by atoms with Crippen LogP contribution in [-0.4, -0.2) is 18.2 Å². The summed E-state index contributed by atoms with van der Waals surface area (Å²) in [7, 11) is 2.78. The molecule has 0 saturated carbocycles. The van der Waals surface area contributed by atoms with Gasteiger partial charge in [0.1, 0.15) is 0 Å². The lowest BCUT2D eigenvalue weighted by Crippen LogP contribution is -2.41. The van der Waals surface area contributed by atoms with E-state index in [0.717, 1.165) is 12.7 Å². The van der Waals surface area contributed by atoms with Gasteiger partial charge in [0.2, 0.25) is 0 Å². The minimum atomic E-state index is 0.304. The Morgan fingerprint density at radius 2 is 1.91 bits per heavy atom. The van der Waals surface area contributed by atoms with E-state index in [1.165, 1.54) is 19.3 Å². The smallest absolute Gasteiger partial charge is 0.0159 e. The molecule has 0 amide bonds. The van der Waals surface area contributed by atoms with Gasteiger partial charge in [-0.3, -0.25) is 0 Å². The fraction of sp³-hybridized carbons (Fsp3) is 1.00. The third kappa shape index (κ3) is 6.77. The average molecular weight is 175 g/mol. The molecule has 0 spiro atoms. The Hall–Kier alpha value is 0.390. The molecule has 0 radical (unpaired) electrons. The van der Waals surface area contributed by atoms with Crippen LogP contribution >= 0.6 is 9.24 Å². The quantitative estimate of drug-likeness (QED) is 0.483. The molecule has 11 heavy (non-hydrogen) atoms. The number of nitrogens with one attached hydrogen (secondary N) is 1. The zero-order valence-corrected chi connectivity index (χ0v) is 9.27. The molecule has 68 valence electrons. The van der Waals surface area contributed by atoms with Crippen molar-refractivity contribution in [2.75, 3.05) is 12.7 Å². The van der Waals surface area contributed by atoms with Gasteiger partial charge < -0.3 is 5.32 Å². The molecule has 0 aliphatic rings. The molecule has 2 heteroatoms. The van der Waals surface area contributed by atoms with Crippen LogP contribution in [0.4, 0.5) is 0 Å². The van der Waals surface area contributed by atoms with Crippen molar-refractivity contribution in [2.45, 2.75) is 45.6 Å². The van der Waals surface area contributed by atoms with Crippen LogP contribution in [-0.2, 0) is 0 Å². The number of unbranched alkanes of at least 4 members (excludes halogenated alkanes) is 2. The molecule has 0 aromatic rings. The lowest BCUT2D eigenvalue weighted by atomic mass is 10.1. The van der Waals surface area contributed by atoms with Crippen LogP contribution in [0.25, 0.3) is 0 Å². The summed E-state index contributed by atoms with van der Waals surface area (Å²) in [4.78, 5) is 0. The Morgan fingerprint density at radius 3 is 2.36 bits per heavy atom. The van der Waals surface area contributed by atoms with E-state index >= 15 is 0 Å². The summed E-state index contributed by atoms with van der Waals surface area (Å²) >= 11 is 0. The Labute approximate surface area is 73.5 Å². The highest BCUT2D eigenvalue weighted by Gasteiger charge is 2.12. The number of rotatable bonds is 6. The Bertz CT molecular complexity index is 91.6. The van der Waals surface area contributed by atoms with Gasteiger partial charge in [-0.15, -0.1) is 9.24 Å². The van der Waals surface area contributed by atoms with Crippen LogP contribution in [0.15, 0.2) is 0 Å². The highest BCUT2D eigenvalue weighted by atomic mass is 31.0. The van der Waals surface area contributed by atoms with Crippen LogP contribution in [0.2, 0.25) is 0 Å². The summed E-state index contributed by atoms with van der Waals surface area (Å²) in [6.45, 7) is 7.88. The average Bonchev–Trinajstić information content (AvgIpc) is 1.99. The zero-order valence-electron chi connectivity index (χ0n) is 8.11. The summed E-state index contributed by atoms with van der Waals surface area (Å²) in [5, 5.41) is 3.52. The third-order valence-corrected chi connectivity index (χ3v) is 2.91. The van der Waals surface area contributed by atoms with Gasteiger partial charge in [0, 0.05) is 5.54 Å². The van der Waals surface area contributed by atoms with Crippen molar-refractivity contribution < 1.29 is 0 Å². The SMILES string of the molecule is CCCCCNC(C)(C)CP. The van der Waals surface area contributed by atoms with Gasteiger partial charge in [0.05, 0.1) is 0 Å². The van der Waals surface area contributed by atoms with Crippen molar-refractivity contribution >= 4 is 9.24 Å². The van der Waals surface area contributed by atoms with E-state index in [4.69, 9.17) is 0 Å². The van der Waals surface area contributed by atoms with Gasteiger partial charge in [-0.1, -0.05) is 19.8 Å². The van der Waals surface area contributed by atoms with Gasteiger partial charge in [-0.25, -0.2) is 0 Å². The van der Waals surface area contributed by atoms with E-state index < -0.39 is 0 Å². The van der Waals surface area contributed by atoms with E-state index in [9.17, 15) is 0 Å². The van der Waals surface area contributed by atoms with E-state index in [-0.39, 0.29) is 0 Å². The third-order valence-electron chi connectivity index (χ3n) is 1.89. The molecule has 0 heterocycles. The van der Waals surface area contributed by atoms with Gasteiger partial charge in [0.25, 0.3) is 0 Å². The van der Waals surface area contributed by atoms with Crippen molar-refractivity contribution in [1.82, 2.24) is 5.32 Å². The van der Waals surface area contributed by atoms with E-state index in [1.54, 1.807) is 0 Å². The van der Waals surface area contributed by atoms with E-state index in [2.05, 4.69) is 35.3 Å². The van der Waals surface area contributed by atoms with Gasteiger partial charge in [-0.05, 0) is 33.0 Å². The minimum Gasteiger partial charge on any atom is -0.311 e. The second-order valence-electron chi connectivity index (χ2n) is 3.72. The molecule has 1 unspecified atom stereocenters. The van der Waals surface area contributed by atoms with Gasteiger partial charge in [0.15, 0.2) is 0 Å². The highest BCUT2D eigenvalue weighted by molar-refractivity contribution is 7.16. The predicted octanol–water partition coefficient (Wildman–Crippen LogP) is 2.42. The highest BCUT2D eigenvalue weighted by Crippen LogP contribution is 2.06.